The normalized spacial score (nSPS) is 20.2. The fourth-order valence-electron chi connectivity index (χ4n) is 2.52. The van der Waals surface area contributed by atoms with Gasteiger partial charge in [-0.2, -0.15) is 12.7 Å². The Bertz CT molecular complexity index is 589. The van der Waals surface area contributed by atoms with Gasteiger partial charge < -0.3 is 10.5 Å². The van der Waals surface area contributed by atoms with Crippen LogP contribution < -0.4 is 15.2 Å². The molecular weight excluding hydrogens is 290 g/mol. The van der Waals surface area contributed by atoms with Gasteiger partial charge in [0.05, 0.1) is 12.8 Å². The van der Waals surface area contributed by atoms with Crippen LogP contribution in [-0.4, -0.2) is 39.5 Å². The highest BCUT2D eigenvalue weighted by molar-refractivity contribution is 7.90. The van der Waals surface area contributed by atoms with Crippen LogP contribution >= 0.6 is 0 Å². The van der Waals surface area contributed by atoms with Crippen molar-refractivity contribution >= 4 is 15.9 Å². The van der Waals surface area contributed by atoms with E-state index in [-0.39, 0.29) is 5.92 Å². The lowest BCUT2D eigenvalue weighted by Gasteiger charge is -2.31. The maximum atomic E-state index is 12.5. The highest BCUT2D eigenvalue weighted by atomic mass is 32.2. The molecule has 0 spiro atoms. The van der Waals surface area contributed by atoms with Gasteiger partial charge in [0, 0.05) is 13.1 Å². The Hall–Kier alpha value is -1.31. The van der Waals surface area contributed by atoms with E-state index in [2.05, 4.69) is 4.72 Å². The van der Waals surface area contributed by atoms with E-state index in [1.807, 2.05) is 6.92 Å². The number of benzene rings is 1. The number of nitrogens with two attached hydrogens (primary N) is 1. The second-order valence-corrected chi connectivity index (χ2v) is 7.06. The van der Waals surface area contributed by atoms with Crippen LogP contribution in [0.5, 0.6) is 5.75 Å². The largest absolute Gasteiger partial charge is 0.497 e. The fourth-order valence-corrected chi connectivity index (χ4v) is 3.93. The Morgan fingerprint density at radius 3 is 2.86 bits per heavy atom. The number of rotatable bonds is 5. The van der Waals surface area contributed by atoms with Crippen molar-refractivity contribution < 1.29 is 13.2 Å². The minimum Gasteiger partial charge on any atom is -0.497 e. The number of aryl methyl sites for hydroxylation is 1. The molecule has 7 heteroatoms. The van der Waals surface area contributed by atoms with Crippen LogP contribution in [0.4, 0.5) is 5.69 Å². The van der Waals surface area contributed by atoms with Crippen LogP contribution in [0.15, 0.2) is 18.2 Å². The van der Waals surface area contributed by atoms with Crippen molar-refractivity contribution in [1.29, 1.82) is 0 Å². The Labute approximate surface area is 126 Å². The number of nitrogens with zero attached hydrogens (tertiary/aromatic N) is 1. The lowest BCUT2D eigenvalue weighted by Crippen LogP contribution is -2.44. The van der Waals surface area contributed by atoms with Crippen LogP contribution in [0.25, 0.3) is 0 Å². The number of ether oxygens (including phenoxy) is 1. The second-order valence-electron chi connectivity index (χ2n) is 5.39. The van der Waals surface area contributed by atoms with E-state index in [0.717, 1.165) is 18.4 Å². The summed E-state index contributed by atoms with van der Waals surface area (Å²) in [6.07, 6.45) is 1.84. The average Bonchev–Trinajstić information content (AvgIpc) is 2.49. The first-order valence-electron chi connectivity index (χ1n) is 7.09. The summed E-state index contributed by atoms with van der Waals surface area (Å²) < 4.78 is 34.2. The molecule has 0 saturated carbocycles. The van der Waals surface area contributed by atoms with Gasteiger partial charge in [0.15, 0.2) is 0 Å². The molecule has 1 aliphatic heterocycles. The maximum Gasteiger partial charge on any atom is 0.301 e. The summed E-state index contributed by atoms with van der Waals surface area (Å²) in [6.45, 7) is 3.40. The monoisotopic (exact) mass is 313 g/mol. The van der Waals surface area contributed by atoms with E-state index in [4.69, 9.17) is 10.5 Å². The zero-order valence-electron chi connectivity index (χ0n) is 12.5. The van der Waals surface area contributed by atoms with E-state index in [1.165, 1.54) is 4.31 Å². The van der Waals surface area contributed by atoms with Crippen molar-refractivity contribution in [1.82, 2.24) is 4.31 Å². The zero-order chi connectivity index (χ0) is 15.5. The number of methoxy groups -OCH3 is 1. The van der Waals surface area contributed by atoms with Gasteiger partial charge in [0.1, 0.15) is 5.75 Å². The molecule has 1 saturated heterocycles. The van der Waals surface area contributed by atoms with Crippen molar-refractivity contribution in [3.63, 3.8) is 0 Å². The Kier molecular flexibility index (Phi) is 5.08. The zero-order valence-corrected chi connectivity index (χ0v) is 13.3. The Balaban J connectivity index is 2.13. The van der Waals surface area contributed by atoms with Crippen LogP contribution in [0.1, 0.15) is 18.4 Å². The molecule has 0 aromatic heterocycles. The van der Waals surface area contributed by atoms with Crippen molar-refractivity contribution in [3.05, 3.63) is 23.8 Å². The van der Waals surface area contributed by atoms with E-state index in [9.17, 15) is 8.42 Å². The van der Waals surface area contributed by atoms with Crippen LogP contribution in [0, 0.1) is 12.8 Å². The summed E-state index contributed by atoms with van der Waals surface area (Å²) in [4.78, 5) is 0. The molecule has 1 aliphatic rings. The molecule has 118 valence electrons. The fraction of sp³-hybridized carbons (Fsp3) is 0.571. The molecule has 1 aromatic carbocycles. The smallest absolute Gasteiger partial charge is 0.301 e. The van der Waals surface area contributed by atoms with Crippen LogP contribution in [0.3, 0.4) is 0 Å². The van der Waals surface area contributed by atoms with Crippen molar-refractivity contribution in [2.75, 3.05) is 31.5 Å². The third-order valence-electron chi connectivity index (χ3n) is 3.83. The Morgan fingerprint density at radius 1 is 1.48 bits per heavy atom. The SMILES string of the molecule is COc1ccc(NS(=O)(=O)N2CCCC(CN)C2)c(C)c1. The predicted molar refractivity (Wildman–Crippen MR) is 83.6 cm³/mol. The number of nitrogens with one attached hydrogen (secondary N) is 1. The molecule has 6 nitrogen and oxygen atoms in total. The van der Waals surface area contributed by atoms with Gasteiger partial charge in [-0.05, 0) is 56.0 Å². The quantitative estimate of drug-likeness (QED) is 0.859. The molecule has 0 bridgehead atoms. The molecule has 1 unspecified atom stereocenters. The standard InChI is InChI=1S/C14H23N3O3S/c1-11-8-13(20-2)5-6-14(11)16-21(18,19)17-7-3-4-12(9-15)10-17/h5-6,8,12,16H,3-4,7,9-10,15H2,1-2H3. The summed E-state index contributed by atoms with van der Waals surface area (Å²) in [5.74, 6) is 0.948. The van der Waals surface area contributed by atoms with Gasteiger partial charge in [0.25, 0.3) is 0 Å². The third kappa shape index (κ3) is 3.87. The summed E-state index contributed by atoms with van der Waals surface area (Å²) in [6, 6.07) is 5.26. The molecule has 3 N–H and O–H groups in total. The summed E-state index contributed by atoms with van der Waals surface area (Å²) >= 11 is 0. The van der Waals surface area contributed by atoms with Crippen molar-refractivity contribution in [2.24, 2.45) is 11.7 Å². The highest BCUT2D eigenvalue weighted by Gasteiger charge is 2.28. The van der Waals surface area contributed by atoms with Crippen LogP contribution in [0.2, 0.25) is 0 Å². The molecule has 1 atom stereocenters. The lowest BCUT2D eigenvalue weighted by atomic mass is 10.0. The number of anilines is 1. The topological polar surface area (TPSA) is 84.7 Å². The van der Waals surface area contributed by atoms with E-state index < -0.39 is 10.2 Å². The van der Waals surface area contributed by atoms with Gasteiger partial charge in [-0.1, -0.05) is 0 Å². The van der Waals surface area contributed by atoms with Gasteiger partial charge in [-0.15, -0.1) is 0 Å². The van der Waals surface area contributed by atoms with Gasteiger partial charge >= 0.3 is 10.2 Å². The lowest BCUT2D eigenvalue weighted by molar-refractivity contribution is 0.273. The molecule has 1 fully saturated rings. The molecular formula is C14H23N3O3S. The van der Waals surface area contributed by atoms with E-state index in [0.29, 0.717) is 31.1 Å². The Morgan fingerprint density at radius 2 is 2.24 bits per heavy atom. The molecule has 0 aliphatic carbocycles. The van der Waals surface area contributed by atoms with Gasteiger partial charge in [-0.25, -0.2) is 0 Å². The minimum absolute atomic E-state index is 0.243. The van der Waals surface area contributed by atoms with E-state index in [1.54, 1.807) is 25.3 Å². The molecule has 2 rings (SSSR count). The second kappa shape index (κ2) is 6.64. The first-order chi connectivity index (χ1) is 9.96. The minimum atomic E-state index is -3.53. The maximum absolute atomic E-state index is 12.5. The number of hydrogen-bond donors (Lipinski definition) is 2. The molecule has 0 radical (unpaired) electrons. The highest BCUT2D eigenvalue weighted by Crippen LogP contribution is 2.24. The molecule has 21 heavy (non-hydrogen) atoms. The molecule has 1 aromatic rings. The molecule has 1 heterocycles. The van der Waals surface area contributed by atoms with E-state index >= 15 is 0 Å². The summed E-state index contributed by atoms with van der Waals surface area (Å²) in [7, 11) is -1.95. The van der Waals surface area contributed by atoms with Gasteiger partial charge in [0.2, 0.25) is 0 Å². The average molecular weight is 313 g/mol. The number of piperidine rings is 1. The van der Waals surface area contributed by atoms with Crippen molar-refractivity contribution in [3.8, 4) is 5.75 Å². The summed E-state index contributed by atoms with van der Waals surface area (Å²) in [5, 5.41) is 0. The van der Waals surface area contributed by atoms with Gasteiger partial charge in [-0.3, -0.25) is 4.72 Å². The predicted octanol–water partition coefficient (Wildman–Crippen LogP) is 1.33. The summed E-state index contributed by atoms with van der Waals surface area (Å²) in [5.41, 5.74) is 7.06. The first kappa shape index (κ1) is 16.1. The van der Waals surface area contributed by atoms with Crippen molar-refractivity contribution in [2.45, 2.75) is 19.8 Å². The third-order valence-corrected chi connectivity index (χ3v) is 5.32. The molecule has 0 amide bonds. The number of hydrogen-bond acceptors (Lipinski definition) is 4. The first-order valence-corrected chi connectivity index (χ1v) is 8.53. The van der Waals surface area contributed by atoms with Crippen LogP contribution in [-0.2, 0) is 10.2 Å².